The van der Waals surface area contributed by atoms with Crippen LogP contribution in [0.5, 0.6) is 5.75 Å². The molecule has 24 heavy (non-hydrogen) atoms. The summed E-state index contributed by atoms with van der Waals surface area (Å²) in [6.45, 7) is -0.733. The van der Waals surface area contributed by atoms with Gasteiger partial charge in [0.05, 0.1) is 12.5 Å². The second kappa shape index (κ2) is 7.09. The molecule has 0 saturated carbocycles. The molecule has 1 heterocycles. The molecule has 9 nitrogen and oxygen atoms in total. The van der Waals surface area contributed by atoms with Crippen LogP contribution in [0.15, 0.2) is 24.3 Å². The highest BCUT2D eigenvalue weighted by atomic mass is 16.4. The lowest BCUT2D eigenvalue weighted by molar-refractivity contribution is -0.148. The van der Waals surface area contributed by atoms with Crippen molar-refractivity contribution in [2.45, 2.75) is 24.9 Å². The minimum absolute atomic E-state index is 0.0883. The number of amides is 3. The topological polar surface area (TPSA) is 150 Å². The minimum Gasteiger partial charge on any atom is -0.508 e. The number of benzene rings is 1. The Morgan fingerprint density at radius 2 is 1.92 bits per heavy atom. The number of phenols is 1. The van der Waals surface area contributed by atoms with E-state index in [1.807, 2.05) is 0 Å². The first-order valence-corrected chi connectivity index (χ1v) is 7.18. The van der Waals surface area contributed by atoms with E-state index in [-0.39, 0.29) is 18.6 Å². The smallest absolute Gasteiger partial charge is 0.323 e. The van der Waals surface area contributed by atoms with Gasteiger partial charge >= 0.3 is 5.97 Å². The molecule has 1 aromatic carbocycles. The Balaban J connectivity index is 1.94. The Labute approximate surface area is 137 Å². The third-order valence-corrected chi connectivity index (χ3v) is 3.58. The Morgan fingerprint density at radius 1 is 1.29 bits per heavy atom. The number of likely N-dealkylation sites (tertiary alicyclic amines) is 1. The van der Waals surface area contributed by atoms with Crippen LogP contribution in [0.2, 0.25) is 0 Å². The number of rotatable bonds is 6. The van der Waals surface area contributed by atoms with Crippen molar-refractivity contribution in [2.75, 3.05) is 6.54 Å². The SMILES string of the molecule is N[C@@H](Cc1ccc(O)cc1)C(=O)N[C@H]1CC(=O)N(CC(=O)O)C1=O. The van der Waals surface area contributed by atoms with Gasteiger partial charge in [-0.15, -0.1) is 0 Å². The number of nitrogens with two attached hydrogens (primary N) is 1. The number of aliphatic carboxylic acids is 1. The molecule has 0 unspecified atom stereocenters. The number of carboxylic acids is 1. The Morgan fingerprint density at radius 3 is 2.50 bits per heavy atom. The number of aromatic hydroxyl groups is 1. The van der Waals surface area contributed by atoms with Gasteiger partial charge in [0.2, 0.25) is 11.8 Å². The van der Waals surface area contributed by atoms with E-state index in [0.29, 0.717) is 4.90 Å². The molecule has 0 aromatic heterocycles. The van der Waals surface area contributed by atoms with Crippen LogP contribution in [0.3, 0.4) is 0 Å². The van der Waals surface area contributed by atoms with Crippen LogP contribution in [-0.4, -0.2) is 57.4 Å². The highest BCUT2D eigenvalue weighted by Gasteiger charge is 2.40. The van der Waals surface area contributed by atoms with Gasteiger partial charge in [-0.3, -0.25) is 24.1 Å². The number of imide groups is 1. The highest BCUT2D eigenvalue weighted by Crippen LogP contribution is 2.14. The maximum atomic E-state index is 12.1. The number of carbonyl (C=O) groups is 4. The molecule has 5 N–H and O–H groups in total. The zero-order chi connectivity index (χ0) is 17.9. The van der Waals surface area contributed by atoms with Crippen molar-refractivity contribution in [1.82, 2.24) is 10.2 Å². The van der Waals surface area contributed by atoms with Gasteiger partial charge < -0.3 is 21.3 Å². The number of carboxylic acid groups (broad SMARTS) is 1. The molecule has 0 bridgehead atoms. The van der Waals surface area contributed by atoms with Crippen LogP contribution < -0.4 is 11.1 Å². The molecule has 2 rings (SSSR count). The van der Waals surface area contributed by atoms with Crippen molar-refractivity contribution < 1.29 is 29.4 Å². The Bertz CT molecular complexity index is 672. The molecular weight excluding hydrogens is 318 g/mol. The normalized spacial score (nSPS) is 18.5. The average Bonchev–Trinajstić information content (AvgIpc) is 2.76. The fourth-order valence-electron chi connectivity index (χ4n) is 2.35. The summed E-state index contributed by atoms with van der Waals surface area (Å²) in [5, 5.41) is 20.3. The number of hydrogen-bond donors (Lipinski definition) is 4. The van der Waals surface area contributed by atoms with Crippen molar-refractivity contribution in [1.29, 1.82) is 0 Å². The fourth-order valence-corrected chi connectivity index (χ4v) is 2.35. The maximum absolute atomic E-state index is 12.1. The predicted octanol–water partition coefficient (Wildman–Crippen LogP) is -1.41. The molecule has 1 aromatic rings. The van der Waals surface area contributed by atoms with E-state index in [4.69, 9.17) is 10.8 Å². The van der Waals surface area contributed by atoms with Crippen LogP contribution >= 0.6 is 0 Å². The van der Waals surface area contributed by atoms with Gasteiger partial charge in [-0.2, -0.15) is 0 Å². The summed E-state index contributed by atoms with van der Waals surface area (Å²) in [6.07, 6.45) is -0.108. The van der Waals surface area contributed by atoms with E-state index in [9.17, 15) is 24.3 Å². The average molecular weight is 335 g/mol. The van der Waals surface area contributed by atoms with Crippen molar-refractivity contribution in [3.05, 3.63) is 29.8 Å². The fraction of sp³-hybridized carbons (Fsp3) is 0.333. The summed E-state index contributed by atoms with van der Waals surface area (Å²) in [5.41, 5.74) is 6.50. The summed E-state index contributed by atoms with van der Waals surface area (Å²) in [6, 6.07) is 4.09. The van der Waals surface area contributed by atoms with Crippen molar-refractivity contribution in [3.8, 4) is 5.75 Å². The van der Waals surface area contributed by atoms with Gasteiger partial charge in [-0.1, -0.05) is 12.1 Å². The zero-order valence-electron chi connectivity index (χ0n) is 12.6. The summed E-state index contributed by atoms with van der Waals surface area (Å²) in [4.78, 5) is 46.9. The lowest BCUT2D eigenvalue weighted by Crippen LogP contribution is -2.49. The van der Waals surface area contributed by atoms with Crippen LogP contribution in [0.25, 0.3) is 0 Å². The van der Waals surface area contributed by atoms with Crippen molar-refractivity contribution in [3.63, 3.8) is 0 Å². The minimum atomic E-state index is -1.31. The summed E-state index contributed by atoms with van der Waals surface area (Å²) in [7, 11) is 0. The van der Waals surface area contributed by atoms with Gasteiger partial charge in [0.1, 0.15) is 18.3 Å². The maximum Gasteiger partial charge on any atom is 0.323 e. The van der Waals surface area contributed by atoms with E-state index >= 15 is 0 Å². The second-order valence-electron chi connectivity index (χ2n) is 5.45. The van der Waals surface area contributed by atoms with Crippen molar-refractivity contribution in [2.24, 2.45) is 5.73 Å². The summed E-state index contributed by atoms with van der Waals surface area (Å²) < 4.78 is 0. The number of nitrogens with zero attached hydrogens (tertiary/aromatic N) is 1. The quantitative estimate of drug-likeness (QED) is 0.466. The molecule has 1 fully saturated rings. The van der Waals surface area contributed by atoms with Crippen LogP contribution in [0.1, 0.15) is 12.0 Å². The molecule has 128 valence electrons. The first-order valence-electron chi connectivity index (χ1n) is 7.18. The Kier molecular flexibility index (Phi) is 5.14. The number of hydrogen-bond acceptors (Lipinski definition) is 6. The molecule has 2 atom stereocenters. The molecule has 1 saturated heterocycles. The van der Waals surface area contributed by atoms with Gasteiger partial charge in [0, 0.05) is 0 Å². The van der Waals surface area contributed by atoms with E-state index in [1.54, 1.807) is 12.1 Å². The predicted molar refractivity (Wildman–Crippen MR) is 80.7 cm³/mol. The molecule has 0 spiro atoms. The molecule has 1 aliphatic rings. The molecule has 9 heteroatoms. The molecular formula is C15H17N3O6. The third-order valence-electron chi connectivity index (χ3n) is 3.58. The van der Waals surface area contributed by atoms with Gasteiger partial charge in [0.25, 0.3) is 5.91 Å². The van der Waals surface area contributed by atoms with Gasteiger partial charge in [-0.25, -0.2) is 0 Å². The standard InChI is InChI=1S/C15H17N3O6/c16-10(5-8-1-3-9(19)4-2-8)14(23)17-11-6-12(20)18(15(11)24)7-13(21)22/h1-4,10-11,19H,5-7,16H2,(H,17,23)(H,21,22)/t10-,11-/m0/s1. The molecule has 1 aliphatic heterocycles. The van der Waals surface area contributed by atoms with Crippen molar-refractivity contribution >= 4 is 23.7 Å². The number of nitrogens with one attached hydrogen (secondary N) is 1. The van der Waals surface area contributed by atoms with E-state index in [2.05, 4.69) is 5.32 Å². The monoisotopic (exact) mass is 335 g/mol. The Hall–Kier alpha value is -2.94. The summed E-state index contributed by atoms with van der Waals surface area (Å²) >= 11 is 0. The lowest BCUT2D eigenvalue weighted by Gasteiger charge is -2.16. The third kappa shape index (κ3) is 4.07. The second-order valence-corrected chi connectivity index (χ2v) is 5.45. The molecule has 3 amide bonds. The first kappa shape index (κ1) is 17.4. The number of carbonyl (C=O) groups excluding carboxylic acids is 3. The van der Waals surface area contributed by atoms with Crippen LogP contribution in [0, 0.1) is 0 Å². The van der Waals surface area contributed by atoms with Gasteiger partial charge in [0.15, 0.2) is 0 Å². The van der Waals surface area contributed by atoms with E-state index < -0.39 is 42.3 Å². The zero-order valence-corrected chi connectivity index (χ0v) is 12.6. The van der Waals surface area contributed by atoms with Crippen LogP contribution in [0.4, 0.5) is 0 Å². The van der Waals surface area contributed by atoms with E-state index in [0.717, 1.165) is 5.56 Å². The highest BCUT2D eigenvalue weighted by molar-refractivity contribution is 6.08. The number of phenolic OH excluding ortho intramolecular Hbond substituents is 1. The molecule has 0 aliphatic carbocycles. The lowest BCUT2D eigenvalue weighted by atomic mass is 10.1. The van der Waals surface area contributed by atoms with Gasteiger partial charge in [-0.05, 0) is 24.1 Å². The molecule has 0 radical (unpaired) electrons. The van der Waals surface area contributed by atoms with E-state index in [1.165, 1.54) is 12.1 Å². The summed E-state index contributed by atoms with van der Waals surface area (Å²) in [5.74, 6) is -3.25. The first-order chi connectivity index (χ1) is 11.3. The largest absolute Gasteiger partial charge is 0.508 e. The van der Waals surface area contributed by atoms with Crippen LogP contribution in [-0.2, 0) is 25.6 Å².